The highest BCUT2D eigenvalue weighted by Crippen LogP contribution is 2.43. The second-order valence-electron chi connectivity index (χ2n) is 10.6. The van der Waals surface area contributed by atoms with Crippen molar-refractivity contribution in [3.63, 3.8) is 0 Å². The molecule has 0 bridgehead atoms. The summed E-state index contributed by atoms with van der Waals surface area (Å²) in [7, 11) is 2.02. The van der Waals surface area contributed by atoms with Crippen molar-refractivity contribution in [2.75, 3.05) is 47.5 Å². The molecule has 0 heterocycles. The first-order chi connectivity index (χ1) is 18.2. The van der Waals surface area contributed by atoms with Crippen LogP contribution in [0.2, 0.25) is 0 Å². The number of azo groups is 1. The molecule has 1 atom stereocenters. The number of quaternary nitrogens is 1. The number of likely N-dealkylation sites (N-methyl/N-ethyl adjacent to an activating group) is 1. The zero-order valence-corrected chi connectivity index (χ0v) is 24.6. The van der Waals surface area contributed by atoms with Crippen molar-refractivity contribution >= 4 is 19.2 Å². The third kappa shape index (κ3) is 15.4. The summed E-state index contributed by atoms with van der Waals surface area (Å²) >= 11 is 0. The molecule has 0 aliphatic carbocycles. The second kappa shape index (κ2) is 17.5. The van der Waals surface area contributed by atoms with Gasteiger partial charge in [0, 0.05) is 0 Å². The highest BCUT2D eigenvalue weighted by molar-refractivity contribution is 7.47. The summed E-state index contributed by atoms with van der Waals surface area (Å²) in [6.45, 7) is 3.87. The Hall–Kier alpha value is -2.09. The van der Waals surface area contributed by atoms with Crippen LogP contribution in [0.1, 0.15) is 63.9 Å². The number of phosphoric acid groups is 1. The highest BCUT2D eigenvalue weighted by Gasteiger charge is 2.21. The van der Waals surface area contributed by atoms with Gasteiger partial charge in [-0.1, -0.05) is 44.7 Å². The largest absolute Gasteiger partial charge is 0.494 e. The van der Waals surface area contributed by atoms with Crippen molar-refractivity contribution < 1.29 is 27.7 Å². The number of aryl methyl sites for hydroxylation is 1. The third-order valence-corrected chi connectivity index (χ3v) is 6.97. The maximum atomic E-state index is 11.9. The molecule has 1 unspecified atom stereocenters. The van der Waals surface area contributed by atoms with Gasteiger partial charge in [-0.2, -0.15) is 10.2 Å². The van der Waals surface area contributed by atoms with Gasteiger partial charge in [0.1, 0.15) is 18.9 Å². The van der Waals surface area contributed by atoms with Crippen LogP contribution in [0.3, 0.4) is 0 Å². The molecule has 8 nitrogen and oxygen atoms in total. The van der Waals surface area contributed by atoms with Crippen molar-refractivity contribution in [3.8, 4) is 5.75 Å². The van der Waals surface area contributed by atoms with E-state index in [2.05, 4.69) is 29.3 Å². The van der Waals surface area contributed by atoms with Gasteiger partial charge in [-0.25, -0.2) is 4.57 Å². The lowest BCUT2D eigenvalue weighted by molar-refractivity contribution is -0.870. The topological polar surface area (TPSA) is 89.7 Å². The van der Waals surface area contributed by atoms with E-state index in [1.165, 1.54) is 31.2 Å². The minimum absolute atomic E-state index is 0.186. The molecule has 212 valence electrons. The van der Waals surface area contributed by atoms with Crippen LogP contribution in [0.4, 0.5) is 11.4 Å². The summed E-state index contributed by atoms with van der Waals surface area (Å²) < 4.78 is 28.4. The first-order valence-electron chi connectivity index (χ1n) is 13.8. The van der Waals surface area contributed by atoms with Gasteiger partial charge in [-0.05, 0) is 74.1 Å². The van der Waals surface area contributed by atoms with E-state index in [9.17, 15) is 9.46 Å². The molecule has 2 aromatic carbocycles. The van der Waals surface area contributed by atoms with Gasteiger partial charge >= 0.3 is 7.82 Å². The van der Waals surface area contributed by atoms with Crippen molar-refractivity contribution in [1.82, 2.24) is 0 Å². The number of unbranched alkanes of at least 4 members (excludes halogenated alkanes) is 6. The second-order valence-corrected chi connectivity index (χ2v) is 12.0. The van der Waals surface area contributed by atoms with Crippen LogP contribution in [0.5, 0.6) is 5.75 Å². The van der Waals surface area contributed by atoms with Gasteiger partial charge in [0.05, 0.1) is 45.7 Å². The Labute approximate surface area is 229 Å². The van der Waals surface area contributed by atoms with E-state index in [0.717, 1.165) is 42.8 Å². The van der Waals surface area contributed by atoms with Gasteiger partial charge in [0.2, 0.25) is 0 Å². The van der Waals surface area contributed by atoms with E-state index in [0.29, 0.717) is 24.1 Å². The van der Waals surface area contributed by atoms with Crippen LogP contribution in [0.15, 0.2) is 58.8 Å². The normalized spacial score (nSPS) is 13.6. The number of hydrogen-bond donors (Lipinski definition) is 1. The van der Waals surface area contributed by atoms with E-state index in [4.69, 9.17) is 13.8 Å². The van der Waals surface area contributed by atoms with Crippen molar-refractivity contribution in [3.05, 3.63) is 54.1 Å². The molecule has 0 fully saturated rings. The van der Waals surface area contributed by atoms with E-state index >= 15 is 0 Å². The molecule has 0 aromatic heterocycles. The third-order valence-electron chi connectivity index (χ3n) is 5.95. The van der Waals surface area contributed by atoms with Crippen molar-refractivity contribution in [1.29, 1.82) is 0 Å². The molecule has 38 heavy (non-hydrogen) atoms. The average Bonchev–Trinajstić information content (AvgIpc) is 2.87. The van der Waals surface area contributed by atoms with E-state index in [1.54, 1.807) is 0 Å². The highest BCUT2D eigenvalue weighted by atomic mass is 31.2. The number of ether oxygens (including phenoxy) is 1. The molecule has 2 aromatic rings. The molecular weight excluding hydrogens is 501 g/mol. The maximum absolute atomic E-state index is 11.9. The van der Waals surface area contributed by atoms with Crippen molar-refractivity contribution in [2.45, 2.75) is 64.7 Å². The fourth-order valence-electron chi connectivity index (χ4n) is 3.60. The fraction of sp³-hybridized carbons (Fsp3) is 0.586. The zero-order valence-electron chi connectivity index (χ0n) is 23.7. The summed E-state index contributed by atoms with van der Waals surface area (Å²) in [5.41, 5.74) is 2.98. The van der Waals surface area contributed by atoms with Crippen LogP contribution in [0, 0.1) is 0 Å². The van der Waals surface area contributed by atoms with Gasteiger partial charge in [0.25, 0.3) is 0 Å². The molecule has 9 heteroatoms. The Morgan fingerprint density at radius 1 is 0.737 bits per heavy atom. The molecule has 0 spiro atoms. The zero-order chi connectivity index (χ0) is 27.7. The van der Waals surface area contributed by atoms with E-state index in [1.807, 2.05) is 57.5 Å². The molecule has 0 aliphatic heterocycles. The molecule has 0 aliphatic rings. The van der Waals surface area contributed by atoms with Crippen LogP contribution in [-0.2, 0) is 20.0 Å². The first-order valence-corrected chi connectivity index (χ1v) is 15.3. The van der Waals surface area contributed by atoms with Gasteiger partial charge in [0.15, 0.2) is 0 Å². The van der Waals surface area contributed by atoms with Gasteiger partial charge < -0.3 is 14.1 Å². The molecular formula is C29H47N3O5P+. The monoisotopic (exact) mass is 548 g/mol. The Morgan fingerprint density at radius 3 is 1.89 bits per heavy atom. The molecule has 0 saturated heterocycles. The average molecular weight is 549 g/mol. The number of rotatable bonds is 20. The summed E-state index contributed by atoms with van der Waals surface area (Å²) in [6, 6.07) is 15.9. The van der Waals surface area contributed by atoms with Crippen LogP contribution < -0.4 is 4.74 Å². The summed E-state index contributed by atoms with van der Waals surface area (Å²) in [5, 5.41) is 8.67. The Morgan fingerprint density at radius 2 is 1.29 bits per heavy atom. The predicted octanol–water partition coefficient (Wildman–Crippen LogP) is 8.00. The van der Waals surface area contributed by atoms with Crippen LogP contribution in [0.25, 0.3) is 0 Å². The molecule has 0 amide bonds. The Balaban J connectivity index is 1.56. The lowest BCUT2D eigenvalue weighted by atomic mass is 10.1. The molecule has 0 radical (unpaired) electrons. The minimum Gasteiger partial charge on any atom is -0.494 e. The maximum Gasteiger partial charge on any atom is 0.472 e. The number of hydrogen-bond acceptors (Lipinski definition) is 6. The van der Waals surface area contributed by atoms with Gasteiger partial charge in [-0.15, -0.1) is 0 Å². The van der Waals surface area contributed by atoms with Gasteiger partial charge in [-0.3, -0.25) is 9.05 Å². The summed E-state index contributed by atoms with van der Waals surface area (Å²) in [5.74, 6) is 0.798. The predicted molar refractivity (Wildman–Crippen MR) is 153 cm³/mol. The number of nitrogens with zero attached hydrogens (tertiary/aromatic N) is 3. The Kier molecular flexibility index (Phi) is 14.8. The fourth-order valence-corrected chi connectivity index (χ4v) is 4.35. The first kappa shape index (κ1) is 32.1. The van der Waals surface area contributed by atoms with Crippen LogP contribution in [-0.4, -0.2) is 56.9 Å². The van der Waals surface area contributed by atoms with E-state index < -0.39 is 7.82 Å². The molecule has 0 saturated carbocycles. The molecule has 2 rings (SSSR count). The number of phosphoric ester groups is 1. The molecule has 1 N–H and O–H groups in total. The quantitative estimate of drug-likeness (QED) is 0.0783. The van der Waals surface area contributed by atoms with Crippen molar-refractivity contribution in [2.24, 2.45) is 10.2 Å². The minimum atomic E-state index is -3.96. The smallest absolute Gasteiger partial charge is 0.472 e. The van der Waals surface area contributed by atoms with Crippen LogP contribution >= 0.6 is 7.82 Å². The Bertz CT molecular complexity index is 975. The lowest BCUT2D eigenvalue weighted by Crippen LogP contribution is -2.37. The standard InChI is InChI=1S/C29H46N3O5P/c1-5-6-7-10-13-26-14-16-27(17-15-26)30-31-28-18-20-29(21-19-28)35-23-11-8-9-12-24-36-38(33,34)37-25-22-32(2,3)4/h14-21H,5-13,22-25H2,1-4H3/p+1. The van der Waals surface area contributed by atoms with E-state index in [-0.39, 0.29) is 13.2 Å². The SMILES string of the molecule is CCCCCCc1ccc(N=Nc2ccc(OCCCCCCOP(=O)(O)OCC[N+](C)(C)C)cc2)cc1. The summed E-state index contributed by atoms with van der Waals surface area (Å²) in [6.07, 6.45) is 9.64. The number of benzene rings is 2. The summed E-state index contributed by atoms with van der Waals surface area (Å²) in [4.78, 5) is 9.71. The lowest BCUT2D eigenvalue weighted by Gasteiger charge is -2.24.